The van der Waals surface area contributed by atoms with Crippen molar-refractivity contribution in [2.24, 2.45) is 5.92 Å². The maximum Gasteiger partial charge on any atom is 0.107 e. The fraction of sp³-hybridized carbons (Fsp3) is 0.600. The number of hydrogen-bond acceptors (Lipinski definition) is 2. The van der Waals surface area contributed by atoms with E-state index < -0.39 is 0 Å². The molecule has 0 aromatic carbocycles. The Morgan fingerprint density at radius 3 is 1.92 bits per heavy atom. The zero-order valence-electron chi connectivity index (χ0n) is 8.26. The van der Waals surface area contributed by atoms with Crippen molar-refractivity contribution in [1.82, 2.24) is 0 Å². The molecule has 0 fully saturated rings. The number of aliphatic hydroxyl groups excluding tert-OH is 2. The van der Waals surface area contributed by atoms with Crippen molar-refractivity contribution < 1.29 is 10.2 Å². The maximum atomic E-state index is 8.16. The second-order valence-corrected chi connectivity index (χ2v) is 2.87. The summed E-state index contributed by atoms with van der Waals surface area (Å²) in [5, 5.41) is 16.0. The quantitative estimate of drug-likeness (QED) is 0.466. The Labute approximate surface area is 74.9 Å². The van der Waals surface area contributed by atoms with Crippen molar-refractivity contribution in [1.29, 1.82) is 0 Å². The highest BCUT2D eigenvalue weighted by atomic mass is 16.2. The third-order valence-electron chi connectivity index (χ3n) is 0.853. The lowest BCUT2D eigenvalue weighted by atomic mass is 10.2. The van der Waals surface area contributed by atoms with E-state index in [1.54, 1.807) is 6.08 Å². The SMILES string of the molecule is CC(C)=CCO.CC(C)C#CO. The Kier molecular flexibility index (Phi) is 11.4. The van der Waals surface area contributed by atoms with Gasteiger partial charge in [-0.3, -0.25) is 0 Å². The van der Waals surface area contributed by atoms with Gasteiger partial charge in [-0.05, 0) is 13.8 Å². The van der Waals surface area contributed by atoms with Crippen molar-refractivity contribution >= 4 is 0 Å². The van der Waals surface area contributed by atoms with Gasteiger partial charge in [0.2, 0.25) is 0 Å². The van der Waals surface area contributed by atoms with E-state index in [4.69, 9.17) is 10.2 Å². The van der Waals surface area contributed by atoms with E-state index in [1.807, 2.05) is 33.8 Å². The predicted molar refractivity (Wildman–Crippen MR) is 51.1 cm³/mol. The van der Waals surface area contributed by atoms with Crippen LogP contribution in [0.2, 0.25) is 0 Å². The van der Waals surface area contributed by atoms with Gasteiger partial charge in [-0.25, -0.2) is 0 Å². The molecule has 0 aromatic heterocycles. The second-order valence-electron chi connectivity index (χ2n) is 2.87. The normalized spacial score (nSPS) is 7.50. The summed E-state index contributed by atoms with van der Waals surface area (Å²) >= 11 is 0. The molecule has 0 aliphatic heterocycles. The fourth-order valence-electron chi connectivity index (χ4n) is 0.312. The molecular weight excluding hydrogens is 152 g/mol. The van der Waals surface area contributed by atoms with E-state index in [1.165, 1.54) is 0 Å². The van der Waals surface area contributed by atoms with E-state index in [0.29, 0.717) is 0 Å². The van der Waals surface area contributed by atoms with E-state index >= 15 is 0 Å². The minimum atomic E-state index is 0.169. The summed E-state index contributed by atoms with van der Waals surface area (Å²) in [4.78, 5) is 0. The molecule has 0 heterocycles. The lowest BCUT2D eigenvalue weighted by molar-refractivity contribution is 0.342. The average molecular weight is 170 g/mol. The van der Waals surface area contributed by atoms with Crippen molar-refractivity contribution in [3.63, 3.8) is 0 Å². The molecule has 0 rings (SSSR count). The van der Waals surface area contributed by atoms with Gasteiger partial charge < -0.3 is 10.2 Å². The molecule has 12 heavy (non-hydrogen) atoms. The van der Waals surface area contributed by atoms with Crippen LogP contribution in [0.5, 0.6) is 0 Å². The number of rotatable bonds is 1. The predicted octanol–water partition coefficient (Wildman–Crippen LogP) is 1.92. The molecular formula is C10H18O2. The number of hydrogen-bond donors (Lipinski definition) is 2. The van der Waals surface area contributed by atoms with Gasteiger partial charge >= 0.3 is 0 Å². The van der Waals surface area contributed by atoms with Gasteiger partial charge in [0.05, 0.1) is 6.61 Å². The monoisotopic (exact) mass is 170 g/mol. The van der Waals surface area contributed by atoms with Crippen LogP contribution in [0.15, 0.2) is 11.6 Å². The van der Waals surface area contributed by atoms with Gasteiger partial charge in [-0.1, -0.05) is 31.4 Å². The van der Waals surface area contributed by atoms with Gasteiger partial charge in [0.25, 0.3) is 0 Å². The molecule has 0 atom stereocenters. The molecule has 2 heteroatoms. The first-order valence-corrected chi connectivity index (χ1v) is 3.93. The van der Waals surface area contributed by atoms with Crippen LogP contribution >= 0.6 is 0 Å². The summed E-state index contributed by atoms with van der Waals surface area (Å²) in [5.74, 6) is 2.80. The molecule has 2 N–H and O–H groups in total. The minimum Gasteiger partial charge on any atom is -0.462 e. The van der Waals surface area contributed by atoms with Gasteiger partial charge in [0.1, 0.15) is 6.11 Å². The molecule has 0 saturated heterocycles. The largest absolute Gasteiger partial charge is 0.462 e. The van der Waals surface area contributed by atoms with Gasteiger partial charge in [-0.2, -0.15) is 0 Å². The van der Waals surface area contributed by atoms with Crippen LogP contribution in [0, 0.1) is 17.9 Å². The molecule has 0 bridgehead atoms. The van der Waals surface area contributed by atoms with E-state index in [9.17, 15) is 0 Å². The van der Waals surface area contributed by atoms with Crippen LogP contribution in [0.1, 0.15) is 27.7 Å². The molecule has 0 aliphatic rings. The summed E-state index contributed by atoms with van der Waals surface area (Å²) in [7, 11) is 0. The van der Waals surface area contributed by atoms with Crippen LogP contribution in [-0.2, 0) is 0 Å². The highest BCUT2D eigenvalue weighted by molar-refractivity contribution is 4.92. The molecule has 0 aliphatic carbocycles. The third-order valence-corrected chi connectivity index (χ3v) is 0.853. The summed E-state index contributed by atoms with van der Waals surface area (Å²) in [6, 6.07) is 0. The first kappa shape index (κ1) is 13.6. The summed E-state index contributed by atoms with van der Waals surface area (Å²) in [6.07, 6.45) is 3.58. The Hall–Kier alpha value is -0.940. The van der Waals surface area contributed by atoms with Crippen molar-refractivity contribution in [3.05, 3.63) is 11.6 Å². The van der Waals surface area contributed by atoms with E-state index in [-0.39, 0.29) is 12.5 Å². The highest BCUT2D eigenvalue weighted by Crippen LogP contribution is 1.83. The second kappa shape index (κ2) is 10.1. The first-order valence-electron chi connectivity index (χ1n) is 3.93. The Morgan fingerprint density at radius 2 is 1.92 bits per heavy atom. The maximum absolute atomic E-state index is 8.16. The van der Waals surface area contributed by atoms with Crippen molar-refractivity contribution in [2.45, 2.75) is 27.7 Å². The lowest BCUT2D eigenvalue weighted by Crippen LogP contribution is -1.75. The zero-order chi connectivity index (χ0) is 9.98. The van der Waals surface area contributed by atoms with Crippen molar-refractivity contribution in [2.75, 3.05) is 6.61 Å². The smallest absolute Gasteiger partial charge is 0.107 e. The Morgan fingerprint density at radius 1 is 1.42 bits per heavy atom. The molecule has 0 radical (unpaired) electrons. The van der Waals surface area contributed by atoms with Crippen LogP contribution in [0.3, 0.4) is 0 Å². The topological polar surface area (TPSA) is 40.5 Å². The number of allylic oxidation sites excluding steroid dienone is 1. The molecule has 0 unspecified atom stereocenters. The van der Waals surface area contributed by atoms with Gasteiger partial charge in [0.15, 0.2) is 0 Å². The average Bonchev–Trinajstić information content (AvgIpc) is 1.87. The molecule has 70 valence electrons. The van der Waals surface area contributed by atoms with Gasteiger partial charge in [0, 0.05) is 5.92 Å². The van der Waals surface area contributed by atoms with E-state index in [0.717, 1.165) is 5.57 Å². The van der Waals surface area contributed by atoms with Crippen LogP contribution < -0.4 is 0 Å². The summed E-state index contributed by atoms with van der Waals surface area (Å²) < 4.78 is 0. The molecule has 0 spiro atoms. The summed E-state index contributed by atoms with van der Waals surface area (Å²) in [6.45, 7) is 7.92. The van der Waals surface area contributed by atoms with E-state index in [2.05, 4.69) is 5.92 Å². The molecule has 2 nitrogen and oxygen atoms in total. The molecule has 0 amide bonds. The first-order chi connectivity index (χ1) is 5.54. The highest BCUT2D eigenvalue weighted by Gasteiger charge is 1.77. The van der Waals surface area contributed by atoms with Crippen LogP contribution in [0.4, 0.5) is 0 Å². The Balaban J connectivity index is 0. The Bertz CT molecular complexity index is 166. The molecule has 0 aromatic rings. The fourth-order valence-corrected chi connectivity index (χ4v) is 0.312. The van der Waals surface area contributed by atoms with Crippen LogP contribution in [0.25, 0.3) is 0 Å². The minimum absolute atomic E-state index is 0.169. The van der Waals surface area contributed by atoms with Gasteiger partial charge in [-0.15, -0.1) is 0 Å². The third kappa shape index (κ3) is 23.0. The summed E-state index contributed by atoms with van der Waals surface area (Å²) in [5.41, 5.74) is 1.16. The standard InChI is InChI=1S/C5H10O.C5H8O/c2*1-5(2)3-4-6/h3,6H,4H2,1-2H3;5-6H,1-2H3. The van der Waals surface area contributed by atoms with Crippen molar-refractivity contribution in [3.8, 4) is 12.0 Å². The zero-order valence-corrected chi connectivity index (χ0v) is 8.26. The lowest BCUT2D eigenvalue weighted by Gasteiger charge is -1.80. The number of aliphatic hydroxyl groups is 2. The van der Waals surface area contributed by atoms with Crippen LogP contribution in [-0.4, -0.2) is 16.8 Å². The molecule has 0 saturated carbocycles.